The Morgan fingerprint density at radius 1 is 1.34 bits per heavy atom. The van der Waals surface area contributed by atoms with Crippen molar-refractivity contribution in [1.82, 2.24) is 19.5 Å². The van der Waals surface area contributed by atoms with Gasteiger partial charge < -0.3 is 20.3 Å². The molecule has 0 aromatic carbocycles. The zero-order valence-corrected chi connectivity index (χ0v) is 17.1. The molecule has 3 aromatic rings. The summed E-state index contributed by atoms with van der Waals surface area (Å²) in [6.45, 7) is 2.17. The maximum atomic E-state index is 10.5. The lowest BCUT2D eigenvalue weighted by atomic mass is 10.2. The van der Waals surface area contributed by atoms with Crippen molar-refractivity contribution in [3.63, 3.8) is 0 Å². The zero-order chi connectivity index (χ0) is 20.4. The molecule has 0 bridgehead atoms. The second-order valence-electron chi connectivity index (χ2n) is 6.79. The van der Waals surface area contributed by atoms with E-state index in [4.69, 9.17) is 9.72 Å². The fourth-order valence-electron chi connectivity index (χ4n) is 3.24. The molecule has 1 aliphatic rings. The average Bonchev–Trinajstić information content (AvgIpc) is 3.45. The normalized spacial score (nSPS) is 21.3. The summed E-state index contributed by atoms with van der Waals surface area (Å²) in [7, 11) is 1.77. The van der Waals surface area contributed by atoms with E-state index in [0.717, 1.165) is 24.1 Å². The second kappa shape index (κ2) is 8.47. The van der Waals surface area contributed by atoms with Crippen molar-refractivity contribution in [2.45, 2.75) is 44.6 Å². The Morgan fingerprint density at radius 2 is 2.21 bits per heavy atom. The highest BCUT2D eigenvalue weighted by atomic mass is 32.1. The largest absolute Gasteiger partial charge is 0.388 e. The van der Waals surface area contributed by atoms with Crippen LogP contribution in [-0.2, 0) is 4.74 Å². The molecule has 9 heteroatoms. The predicted molar refractivity (Wildman–Crippen MR) is 112 cm³/mol. The molecule has 29 heavy (non-hydrogen) atoms. The fraction of sp³-hybridized carbons (Fsp3) is 0.450. The maximum absolute atomic E-state index is 10.5. The Hall–Kier alpha value is -2.51. The van der Waals surface area contributed by atoms with Crippen molar-refractivity contribution in [2.75, 3.05) is 19.0 Å². The van der Waals surface area contributed by atoms with Gasteiger partial charge in [-0.05, 0) is 23.8 Å². The van der Waals surface area contributed by atoms with Gasteiger partial charge in [0.25, 0.3) is 0 Å². The zero-order valence-electron chi connectivity index (χ0n) is 16.3. The predicted octanol–water partition coefficient (Wildman–Crippen LogP) is 2.39. The van der Waals surface area contributed by atoms with Crippen LogP contribution in [0.1, 0.15) is 38.2 Å². The minimum Gasteiger partial charge on any atom is -0.388 e. The Bertz CT molecular complexity index is 1050. The summed E-state index contributed by atoms with van der Waals surface area (Å²) in [5, 5.41) is 25.5. The van der Waals surface area contributed by atoms with Gasteiger partial charge >= 0.3 is 0 Å². The van der Waals surface area contributed by atoms with E-state index in [2.05, 4.69) is 34.0 Å². The van der Waals surface area contributed by atoms with Crippen molar-refractivity contribution >= 4 is 28.3 Å². The lowest BCUT2D eigenvalue weighted by Crippen LogP contribution is -2.28. The molecule has 152 valence electrons. The number of imidazole rings is 1. The summed E-state index contributed by atoms with van der Waals surface area (Å²) in [5.74, 6) is 7.67. The molecule has 3 atom stereocenters. The fourth-order valence-corrected chi connectivity index (χ4v) is 3.95. The van der Waals surface area contributed by atoms with Crippen molar-refractivity contribution < 1.29 is 14.9 Å². The minimum absolute atomic E-state index is 0.0447. The van der Waals surface area contributed by atoms with Crippen molar-refractivity contribution in [3.8, 4) is 22.5 Å². The first-order chi connectivity index (χ1) is 14.1. The van der Waals surface area contributed by atoms with Gasteiger partial charge in [-0.1, -0.05) is 25.3 Å². The van der Waals surface area contributed by atoms with Crippen LogP contribution < -0.4 is 5.32 Å². The lowest BCUT2D eigenvalue weighted by molar-refractivity contribution is -0.0152. The van der Waals surface area contributed by atoms with E-state index < -0.39 is 18.4 Å². The molecule has 0 spiro atoms. The monoisotopic (exact) mass is 413 g/mol. The van der Waals surface area contributed by atoms with Gasteiger partial charge in [-0.3, -0.25) is 4.57 Å². The molecule has 3 N–H and O–H groups in total. The van der Waals surface area contributed by atoms with Gasteiger partial charge in [0.15, 0.2) is 29.0 Å². The van der Waals surface area contributed by atoms with Crippen molar-refractivity contribution in [2.24, 2.45) is 0 Å². The molecule has 0 aliphatic carbocycles. The van der Waals surface area contributed by atoms with Gasteiger partial charge in [0.2, 0.25) is 5.82 Å². The summed E-state index contributed by atoms with van der Waals surface area (Å²) in [5.41, 5.74) is 1.07. The van der Waals surface area contributed by atoms with Gasteiger partial charge in [-0.25, -0.2) is 15.0 Å². The molecule has 3 aromatic heterocycles. The molecule has 0 saturated carbocycles. The number of nitrogens with zero attached hydrogens (tertiary/aromatic N) is 4. The lowest BCUT2D eigenvalue weighted by Gasteiger charge is -2.19. The van der Waals surface area contributed by atoms with Gasteiger partial charge in [0.05, 0.1) is 11.5 Å². The second-order valence-corrected chi connectivity index (χ2v) is 7.74. The number of thiophene rings is 1. The van der Waals surface area contributed by atoms with Crippen LogP contribution in [0.15, 0.2) is 17.5 Å². The number of hydrogen-bond donors (Lipinski definition) is 3. The van der Waals surface area contributed by atoms with E-state index >= 15 is 0 Å². The van der Waals surface area contributed by atoms with Gasteiger partial charge in [-0.15, -0.1) is 11.3 Å². The van der Waals surface area contributed by atoms with E-state index in [-0.39, 0.29) is 6.61 Å². The van der Waals surface area contributed by atoms with Crippen molar-refractivity contribution in [3.05, 3.63) is 23.3 Å². The van der Waals surface area contributed by atoms with E-state index in [0.29, 0.717) is 28.6 Å². The number of ether oxygens (including phenoxy) is 1. The molecule has 0 amide bonds. The molecule has 4 heterocycles. The number of rotatable bonds is 5. The molecule has 1 fully saturated rings. The Morgan fingerprint density at radius 3 is 2.86 bits per heavy atom. The number of nitrogens with one attached hydrogen (secondary N) is 1. The maximum Gasteiger partial charge on any atom is 0.208 e. The minimum atomic E-state index is -1.08. The molecule has 0 unspecified atom stereocenters. The molecule has 1 saturated heterocycles. The summed E-state index contributed by atoms with van der Waals surface area (Å²) in [6, 6.07) is 3.87. The summed E-state index contributed by atoms with van der Waals surface area (Å²) in [4.78, 5) is 14.8. The Kier molecular flexibility index (Phi) is 5.78. The average molecular weight is 414 g/mol. The number of aromatic nitrogens is 4. The number of anilines is 1. The van der Waals surface area contributed by atoms with E-state index in [1.54, 1.807) is 11.6 Å². The first-order valence-electron chi connectivity index (χ1n) is 9.62. The standard InChI is InChI=1S/C20H23N5O3S/c1-3-4-5-6-9-14-22-17(21-2)15-19(23-14)25(20-16(27)12(26)11-28-20)18(24-15)13-8-7-10-29-13/h7-8,10,12,16,20,26-27H,3-5,11H2,1-2H3,(H,21,22,23)/t12-,16-,20+/m1/s1. The summed E-state index contributed by atoms with van der Waals surface area (Å²) >= 11 is 1.52. The van der Waals surface area contributed by atoms with E-state index in [9.17, 15) is 10.2 Å². The van der Waals surface area contributed by atoms with Crippen LogP contribution in [0.5, 0.6) is 0 Å². The van der Waals surface area contributed by atoms with Gasteiger partial charge in [0, 0.05) is 13.5 Å². The third-order valence-electron chi connectivity index (χ3n) is 4.75. The Balaban J connectivity index is 1.90. The van der Waals surface area contributed by atoms with E-state index in [1.165, 1.54) is 11.3 Å². The van der Waals surface area contributed by atoms with Crippen LogP contribution >= 0.6 is 11.3 Å². The molecular weight excluding hydrogens is 390 g/mol. The highest BCUT2D eigenvalue weighted by Crippen LogP contribution is 2.36. The Labute approximate surface area is 172 Å². The summed E-state index contributed by atoms with van der Waals surface area (Å²) in [6.07, 6.45) is 0.0305. The van der Waals surface area contributed by atoms with Gasteiger partial charge in [-0.2, -0.15) is 0 Å². The van der Waals surface area contributed by atoms with Crippen LogP contribution in [0.4, 0.5) is 5.82 Å². The van der Waals surface area contributed by atoms with Crippen LogP contribution in [-0.4, -0.2) is 55.6 Å². The van der Waals surface area contributed by atoms with Crippen LogP contribution in [0.25, 0.3) is 21.9 Å². The molecule has 1 aliphatic heterocycles. The number of aliphatic hydroxyl groups excluding tert-OH is 2. The van der Waals surface area contributed by atoms with E-state index in [1.807, 2.05) is 17.5 Å². The number of aliphatic hydroxyl groups is 2. The topological polar surface area (TPSA) is 105 Å². The molecular formula is C20H23N5O3S. The quantitative estimate of drug-likeness (QED) is 0.436. The first kappa shape index (κ1) is 19.8. The third-order valence-corrected chi connectivity index (χ3v) is 5.62. The first-order valence-corrected chi connectivity index (χ1v) is 10.5. The molecule has 0 radical (unpaired) electrons. The van der Waals surface area contributed by atoms with Crippen LogP contribution in [0, 0.1) is 11.8 Å². The summed E-state index contributed by atoms with van der Waals surface area (Å²) < 4.78 is 7.44. The SMILES string of the molecule is CCCCC#Cc1nc(NC)c2nc(-c3cccs3)n([C@H]3OC[C@@H](O)[C@H]3O)c2n1. The highest BCUT2D eigenvalue weighted by Gasteiger charge is 2.39. The highest BCUT2D eigenvalue weighted by molar-refractivity contribution is 7.13. The van der Waals surface area contributed by atoms with Crippen LogP contribution in [0.2, 0.25) is 0 Å². The number of hydrogen-bond acceptors (Lipinski definition) is 8. The van der Waals surface area contributed by atoms with Crippen LogP contribution in [0.3, 0.4) is 0 Å². The number of fused-ring (bicyclic) bond motifs is 1. The van der Waals surface area contributed by atoms with Gasteiger partial charge in [0.1, 0.15) is 12.2 Å². The van der Waals surface area contributed by atoms with Crippen molar-refractivity contribution in [1.29, 1.82) is 0 Å². The number of unbranched alkanes of at least 4 members (excludes halogenated alkanes) is 2. The molecule has 4 rings (SSSR count). The third kappa shape index (κ3) is 3.72. The smallest absolute Gasteiger partial charge is 0.208 e. The molecule has 8 nitrogen and oxygen atoms in total.